The Labute approximate surface area is 225 Å². The second-order valence-electron chi connectivity index (χ2n) is 10.3. The van der Waals surface area contributed by atoms with E-state index in [-0.39, 0.29) is 5.75 Å². The largest absolute Gasteiger partial charge is 0.508 e. The monoisotopic (exact) mass is 522 g/mol. The maximum atomic E-state index is 13.3. The Morgan fingerprint density at radius 2 is 1.82 bits per heavy atom. The zero-order chi connectivity index (χ0) is 26.9. The lowest BCUT2D eigenvalue weighted by Gasteiger charge is -2.25. The zero-order valence-corrected chi connectivity index (χ0v) is 21.4. The number of aromatic nitrogens is 3. The number of amides is 1. The average molecular weight is 523 g/mol. The molecule has 1 amide bonds. The van der Waals surface area contributed by atoms with Crippen LogP contribution in [0.3, 0.4) is 0 Å². The molecular formula is C31H30N4O4. The Bertz CT molecular complexity index is 1660. The fourth-order valence-electron chi connectivity index (χ4n) is 5.80. The predicted molar refractivity (Wildman–Crippen MR) is 149 cm³/mol. The number of carbonyl (C=O) groups excluding carboxylic acids is 1. The van der Waals surface area contributed by atoms with Gasteiger partial charge in [0.05, 0.1) is 11.0 Å². The van der Waals surface area contributed by atoms with Crippen LogP contribution in [-0.4, -0.2) is 36.6 Å². The SMILES string of the molecule is O=C(N[C@H](C(=O)O)c1c[nH]c2ccc(O)cc12)c1ccc2c(c1)nc(Cc1ccccc1)n2C1CCCCC1. The molecule has 5 aromatic rings. The average Bonchev–Trinajstić information content (AvgIpc) is 3.52. The van der Waals surface area contributed by atoms with E-state index in [0.717, 1.165) is 29.7 Å². The lowest BCUT2D eigenvalue weighted by atomic mass is 9.95. The molecule has 1 fully saturated rings. The molecule has 4 N–H and O–H groups in total. The topological polar surface area (TPSA) is 120 Å². The van der Waals surface area contributed by atoms with Crippen molar-refractivity contribution in [2.45, 2.75) is 50.6 Å². The van der Waals surface area contributed by atoms with Gasteiger partial charge in [-0.25, -0.2) is 9.78 Å². The molecule has 1 aliphatic carbocycles. The number of hydrogen-bond donors (Lipinski definition) is 4. The first-order valence-corrected chi connectivity index (χ1v) is 13.4. The molecule has 1 saturated carbocycles. The Morgan fingerprint density at radius 1 is 1.03 bits per heavy atom. The first-order valence-electron chi connectivity index (χ1n) is 13.4. The number of hydrogen-bond acceptors (Lipinski definition) is 4. The van der Waals surface area contributed by atoms with Gasteiger partial charge in [0.15, 0.2) is 6.04 Å². The number of carboxylic acid groups (broad SMARTS) is 1. The molecule has 0 unspecified atom stereocenters. The molecule has 8 heteroatoms. The number of rotatable bonds is 7. The summed E-state index contributed by atoms with van der Waals surface area (Å²) in [5, 5.41) is 23.1. The van der Waals surface area contributed by atoms with Crippen LogP contribution in [0, 0.1) is 0 Å². The van der Waals surface area contributed by atoms with Crippen LogP contribution in [-0.2, 0) is 11.2 Å². The van der Waals surface area contributed by atoms with Crippen molar-refractivity contribution in [1.29, 1.82) is 0 Å². The number of aromatic hydroxyl groups is 1. The van der Waals surface area contributed by atoms with E-state index in [0.29, 0.717) is 34.5 Å². The molecule has 3 aromatic carbocycles. The summed E-state index contributed by atoms with van der Waals surface area (Å²) in [6.07, 6.45) is 8.10. The van der Waals surface area contributed by atoms with Gasteiger partial charge in [0.2, 0.25) is 0 Å². The molecule has 1 aliphatic rings. The van der Waals surface area contributed by atoms with Gasteiger partial charge in [-0.3, -0.25) is 4.79 Å². The van der Waals surface area contributed by atoms with Crippen LogP contribution < -0.4 is 5.32 Å². The number of carbonyl (C=O) groups is 2. The summed E-state index contributed by atoms with van der Waals surface area (Å²) in [6.45, 7) is 0. The van der Waals surface area contributed by atoms with Crippen LogP contribution >= 0.6 is 0 Å². The second-order valence-corrected chi connectivity index (χ2v) is 10.3. The van der Waals surface area contributed by atoms with Gasteiger partial charge in [-0.2, -0.15) is 0 Å². The van der Waals surface area contributed by atoms with Crippen molar-refractivity contribution in [2.75, 3.05) is 0 Å². The molecule has 8 nitrogen and oxygen atoms in total. The van der Waals surface area contributed by atoms with Crippen molar-refractivity contribution in [3.8, 4) is 5.75 Å². The van der Waals surface area contributed by atoms with Crippen molar-refractivity contribution in [2.24, 2.45) is 0 Å². The van der Waals surface area contributed by atoms with Crippen molar-refractivity contribution < 1.29 is 19.8 Å². The maximum Gasteiger partial charge on any atom is 0.331 e. The molecule has 2 aromatic heterocycles. The molecule has 0 radical (unpaired) electrons. The Hall–Kier alpha value is -4.59. The number of phenols is 1. The molecule has 6 rings (SSSR count). The highest BCUT2D eigenvalue weighted by atomic mass is 16.4. The number of carboxylic acids is 1. The van der Waals surface area contributed by atoms with Crippen LogP contribution in [0.1, 0.15) is 71.5 Å². The van der Waals surface area contributed by atoms with Crippen molar-refractivity contribution >= 4 is 33.8 Å². The molecule has 0 aliphatic heterocycles. The van der Waals surface area contributed by atoms with Crippen molar-refractivity contribution in [1.82, 2.24) is 19.9 Å². The third-order valence-electron chi connectivity index (χ3n) is 7.70. The maximum absolute atomic E-state index is 13.3. The standard InChI is InChI=1S/C31H30N4O4/c36-22-12-13-25-23(17-22)24(18-32-25)29(31(38)39)34-30(37)20-11-14-27-26(16-20)33-28(15-19-7-3-1-4-8-19)35(27)21-9-5-2-6-10-21/h1,3-4,7-8,11-14,16-18,21,29,32,36H,2,5-6,9-10,15H2,(H,34,37)(H,38,39)/t29-/m0/s1. The second kappa shape index (κ2) is 10.3. The fraction of sp³-hybridized carbons (Fsp3) is 0.258. The third kappa shape index (κ3) is 4.85. The Kier molecular flexibility index (Phi) is 6.52. The van der Waals surface area contributed by atoms with E-state index in [1.165, 1.54) is 37.0 Å². The number of benzene rings is 3. The number of aliphatic carboxylic acids is 1. The summed E-state index contributed by atoms with van der Waals surface area (Å²) in [6, 6.07) is 19.4. The first-order chi connectivity index (χ1) is 19.0. The van der Waals surface area contributed by atoms with Gasteiger partial charge in [0.1, 0.15) is 11.6 Å². The molecular weight excluding hydrogens is 492 g/mol. The minimum Gasteiger partial charge on any atom is -0.508 e. The van der Waals surface area contributed by atoms with Crippen LogP contribution in [0.25, 0.3) is 21.9 Å². The van der Waals surface area contributed by atoms with Crippen molar-refractivity contribution in [3.05, 3.63) is 95.4 Å². The Morgan fingerprint density at radius 3 is 2.59 bits per heavy atom. The van der Waals surface area contributed by atoms with E-state index in [1.807, 2.05) is 24.3 Å². The summed E-state index contributed by atoms with van der Waals surface area (Å²) >= 11 is 0. The summed E-state index contributed by atoms with van der Waals surface area (Å²) < 4.78 is 2.35. The number of phenolic OH excluding ortho intramolecular Hbond substituents is 1. The van der Waals surface area contributed by atoms with Gasteiger partial charge >= 0.3 is 5.97 Å². The summed E-state index contributed by atoms with van der Waals surface area (Å²) in [5.74, 6) is -0.706. The van der Waals surface area contributed by atoms with Gasteiger partial charge in [-0.05, 0) is 54.8 Å². The molecule has 0 spiro atoms. The number of imidazole rings is 1. The quantitative estimate of drug-likeness (QED) is 0.213. The lowest BCUT2D eigenvalue weighted by Crippen LogP contribution is -2.33. The van der Waals surface area contributed by atoms with Gasteiger partial charge in [0, 0.05) is 40.7 Å². The number of aromatic amines is 1. The highest BCUT2D eigenvalue weighted by Gasteiger charge is 2.27. The van der Waals surface area contributed by atoms with Crippen LogP contribution in [0.4, 0.5) is 0 Å². The van der Waals surface area contributed by atoms with Crippen LogP contribution in [0.5, 0.6) is 5.75 Å². The molecule has 2 heterocycles. The minimum atomic E-state index is -1.29. The lowest BCUT2D eigenvalue weighted by molar-refractivity contribution is -0.139. The molecule has 0 bridgehead atoms. The third-order valence-corrected chi connectivity index (χ3v) is 7.70. The summed E-state index contributed by atoms with van der Waals surface area (Å²) in [5.41, 5.74) is 4.28. The predicted octanol–water partition coefficient (Wildman–Crippen LogP) is 5.87. The normalized spacial score (nSPS) is 15.0. The van der Waals surface area contributed by atoms with Gasteiger partial charge in [0.25, 0.3) is 5.91 Å². The molecule has 198 valence electrons. The highest BCUT2D eigenvalue weighted by Crippen LogP contribution is 2.34. The number of fused-ring (bicyclic) bond motifs is 2. The van der Waals surface area contributed by atoms with E-state index in [1.54, 1.807) is 24.4 Å². The smallest absolute Gasteiger partial charge is 0.331 e. The Balaban J connectivity index is 1.34. The van der Waals surface area contributed by atoms with Crippen LogP contribution in [0.15, 0.2) is 72.9 Å². The van der Waals surface area contributed by atoms with E-state index in [2.05, 4.69) is 27.0 Å². The molecule has 39 heavy (non-hydrogen) atoms. The van der Waals surface area contributed by atoms with Gasteiger partial charge in [-0.1, -0.05) is 49.6 Å². The van der Waals surface area contributed by atoms with E-state index in [9.17, 15) is 19.8 Å². The minimum absolute atomic E-state index is 0.0177. The number of nitrogens with one attached hydrogen (secondary N) is 2. The number of nitrogens with zero attached hydrogens (tertiary/aromatic N) is 2. The van der Waals surface area contributed by atoms with Crippen molar-refractivity contribution in [3.63, 3.8) is 0 Å². The molecule has 0 saturated heterocycles. The van der Waals surface area contributed by atoms with E-state index in [4.69, 9.17) is 4.98 Å². The zero-order valence-electron chi connectivity index (χ0n) is 21.4. The van der Waals surface area contributed by atoms with E-state index < -0.39 is 17.9 Å². The van der Waals surface area contributed by atoms with Gasteiger partial charge < -0.3 is 25.1 Å². The first kappa shape index (κ1) is 24.7. The summed E-state index contributed by atoms with van der Waals surface area (Å²) in [4.78, 5) is 33.5. The fourth-order valence-corrected chi connectivity index (χ4v) is 5.80. The summed E-state index contributed by atoms with van der Waals surface area (Å²) in [7, 11) is 0. The molecule has 1 atom stereocenters. The van der Waals surface area contributed by atoms with Crippen LogP contribution in [0.2, 0.25) is 0 Å². The van der Waals surface area contributed by atoms with Gasteiger partial charge in [-0.15, -0.1) is 0 Å². The number of H-pyrrole nitrogens is 1. The highest BCUT2D eigenvalue weighted by molar-refractivity contribution is 6.00. The van der Waals surface area contributed by atoms with E-state index >= 15 is 0 Å².